The molecule has 0 aromatic heterocycles. The third-order valence-corrected chi connectivity index (χ3v) is 5.62. The van der Waals surface area contributed by atoms with Crippen molar-refractivity contribution < 1.29 is 4.39 Å². The third kappa shape index (κ3) is 4.20. The van der Waals surface area contributed by atoms with Crippen LogP contribution in [0.3, 0.4) is 0 Å². The van der Waals surface area contributed by atoms with Gasteiger partial charge in [0.2, 0.25) is 0 Å². The Balaban J connectivity index is 1.92. The van der Waals surface area contributed by atoms with E-state index in [-0.39, 0.29) is 11.9 Å². The number of thioether (sulfide) groups is 1. The lowest BCUT2D eigenvalue weighted by molar-refractivity contribution is 0.460. The van der Waals surface area contributed by atoms with Crippen molar-refractivity contribution in [3.63, 3.8) is 0 Å². The van der Waals surface area contributed by atoms with E-state index in [1.54, 1.807) is 0 Å². The van der Waals surface area contributed by atoms with Crippen molar-refractivity contribution in [3.8, 4) is 0 Å². The SMILES string of the molecule is CCSC1CCC(NC(C)c2ccc(F)cc2Br)C1. The molecule has 1 aromatic carbocycles. The summed E-state index contributed by atoms with van der Waals surface area (Å²) in [6.45, 7) is 4.38. The minimum Gasteiger partial charge on any atom is -0.307 e. The summed E-state index contributed by atoms with van der Waals surface area (Å²) in [5.74, 6) is 1.01. The standard InChI is InChI=1S/C15H21BrFNS/c1-3-19-13-6-5-12(9-13)18-10(2)14-7-4-11(17)8-15(14)16/h4,7-8,10,12-13,18H,3,5-6,9H2,1-2H3. The van der Waals surface area contributed by atoms with Crippen molar-refractivity contribution >= 4 is 27.7 Å². The fourth-order valence-corrected chi connectivity index (χ4v) is 4.61. The fraction of sp³-hybridized carbons (Fsp3) is 0.600. The normalized spacial score (nSPS) is 24.6. The Bertz CT molecular complexity index is 427. The van der Waals surface area contributed by atoms with Gasteiger partial charge in [-0.3, -0.25) is 0 Å². The summed E-state index contributed by atoms with van der Waals surface area (Å²) in [5, 5.41) is 4.49. The van der Waals surface area contributed by atoms with Gasteiger partial charge in [-0.15, -0.1) is 0 Å². The highest BCUT2D eigenvalue weighted by Gasteiger charge is 2.26. The molecule has 0 aliphatic heterocycles. The van der Waals surface area contributed by atoms with Crippen LogP contribution in [0.1, 0.15) is 44.7 Å². The Morgan fingerprint density at radius 2 is 2.26 bits per heavy atom. The predicted octanol–water partition coefficient (Wildman–Crippen LogP) is 4.91. The Morgan fingerprint density at radius 3 is 2.95 bits per heavy atom. The molecule has 2 rings (SSSR count). The van der Waals surface area contributed by atoms with Gasteiger partial charge in [-0.05, 0) is 49.6 Å². The Kier molecular flexibility index (Phi) is 5.72. The molecule has 1 nitrogen and oxygen atoms in total. The molecule has 106 valence electrons. The molecule has 1 aromatic rings. The molecule has 4 heteroatoms. The topological polar surface area (TPSA) is 12.0 Å². The van der Waals surface area contributed by atoms with Gasteiger partial charge in [-0.2, -0.15) is 11.8 Å². The van der Waals surface area contributed by atoms with Gasteiger partial charge in [0.1, 0.15) is 5.82 Å². The van der Waals surface area contributed by atoms with E-state index in [9.17, 15) is 4.39 Å². The van der Waals surface area contributed by atoms with Crippen LogP contribution in [0.15, 0.2) is 22.7 Å². The minimum absolute atomic E-state index is 0.192. The van der Waals surface area contributed by atoms with Crippen molar-refractivity contribution in [1.29, 1.82) is 0 Å². The summed E-state index contributed by atoms with van der Waals surface area (Å²) >= 11 is 5.52. The van der Waals surface area contributed by atoms with Crippen LogP contribution < -0.4 is 5.32 Å². The van der Waals surface area contributed by atoms with E-state index in [1.165, 1.54) is 37.1 Å². The monoisotopic (exact) mass is 345 g/mol. The number of hydrogen-bond donors (Lipinski definition) is 1. The first-order valence-corrected chi connectivity index (χ1v) is 8.77. The first kappa shape index (κ1) is 15.3. The molecule has 3 unspecified atom stereocenters. The van der Waals surface area contributed by atoms with Gasteiger partial charge in [0, 0.05) is 21.8 Å². The number of hydrogen-bond acceptors (Lipinski definition) is 2. The lowest BCUT2D eigenvalue weighted by atomic mass is 10.1. The summed E-state index contributed by atoms with van der Waals surface area (Å²) in [4.78, 5) is 0. The van der Waals surface area contributed by atoms with Crippen molar-refractivity contribution in [2.45, 2.75) is 50.4 Å². The lowest BCUT2D eigenvalue weighted by Gasteiger charge is -2.21. The highest BCUT2D eigenvalue weighted by atomic mass is 79.9. The van der Waals surface area contributed by atoms with Gasteiger partial charge in [0.05, 0.1) is 0 Å². The van der Waals surface area contributed by atoms with Gasteiger partial charge in [-0.1, -0.05) is 28.9 Å². The number of nitrogens with one attached hydrogen (secondary N) is 1. The van der Waals surface area contributed by atoms with E-state index >= 15 is 0 Å². The zero-order valence-electron chi connectivity index (χ0n) is 11.5. The molecule has 0 heterocycles. The largest absolute Gasteiger partial charge is 0.307 e. The molecular weight excluding hydrogens is 325 g/mol. The second kappa shape index (κ2) is 7.09. The van der Waals surface area contributed by atoms with Crippen molar-refractivity contribution in [2.24, 2.45) is 0 Å². The van der Waals surface area contributed by atoms with E-state index < -0.39 is 0 Å². The minimum atomic E-state index is -0.192. The number of rotatable bonds is 5. The highest BCUT2D eigenvalue weighted by molar-refractivity contribution is 9.10. The Hall–Kier alpha value is -0.0600. The molecule has 0 amide bonds. The Morgan fingerprint density at radius 1 is 1.47 bits per heavy atom. The van der Waals surface area contributed by atoms with E-state index in [4.69, 9.17) is 0 Å². The van der Waals surface area contributed by atoms with Gasteiger partial charge in [0.25, 0.3) is 0 Å². The highest BCUT2D eigenvalue weighted by Crippen LogP contribution is 2.32. The molecule has 1 aliphatic rings. The molecule has 0 radical (unpaired) electrons. The van der Waals surface area contributed by atoms with Crippen molar-refractivity contribution in [3.05, 3.63) is 34.1 Å². The van der Waals surface area contributed by atoms with E-state index in [2.05, 4.69) is 46.9 Å². The average Bonchev–Trinajstić information content (AvgIpc) is 2.76. The van der Waals surface area contributed by atoms with Crippen LogP contribution in [-0.2, 0) is 0 Å². The molecule has 1 saturated carbocycles. The quantitative estimate of drug-likeness (QED) is 0.813. The average molecular weight is 346 g/mol. The van der Waals surface area contributed by atoms with E-state index in [0.29, 0.717) is 6.04 Å². The van der Waals surface area contributed by atoms with Gasteiger partial charge >= 0.3 is 0 Å². The third-order valence-electron chi connectivity index (χ3n) is 3.70. The second-order valence-electron chi connectivity index (χ2n) is 5.14. The fourth-order valence-electron chi connectivity index (χ4n) is 2.77. The molecular formula is C15H21BrFNS. The van der Waals surface area contributed by atoms with Crippen LogP contribution in [0.25, 0.3) is 0 Å². The maximum atomic E-state index is 13.1. The zero-order valence-corrected chi connectivity index (χ0v) is 13.9. The predicted molar refractivity (Wildman–Crippen MR) is 85.2 cm³/mol. The maximum absolute atomic E-state index is 13.1. The van der Waals surface area contributed by atoms with Crippen LogP contribution >= 0.6 is 27.7 Å². The van der Waals surface area contributed by atoms with Gasteiger partial charge in [0.15, 0.2) is 0 Å². The first-order chi connectivity index (χ1) is 9.10. The summed E-state index contributed by atoms with van der Waals surface area (Å²) < 4.78 is 14.0. The van der Waals surface area contributed by atoms with Crippen LogP contribution in [0.5, 0.6) is 0 Å². The second-order valence-corrected chi connectivity index (χ2v) is 7.57. The van der Waals surface area contributed by atoms with E-state index in [0.717, 1.165) is 15.3 Å². The Labute approximate surface area is 127 Å². The molecule has 0 spiro atoms. The smallest absolute Gasteiger partial charge is 0.124 e. The van der Waals surface area contributed by atoms with E-state index in [1.807, 2.05) is 6.07 Å². The molecule has 3 atom stereocenters. The van der Waals surface area contributed by atoms with Crippen LogP contribution in [-0.4, -0.2) is 17.0 Å². The number of halogens is 2. The van der Waals surface area contributed by atoms with Crippen molar-refractivity contribution in [1.82, 2.24) is 5.32 Å². The molecule has 1 fully saturated rings. The molecule has 1 N–H and O–H groups in total. The summed E-state index contributed by atoms with van der Waals surface area (Å²) in [7, 11) is 0. The van der Waals surface area contributed by atoms with Crippen LogP contribution in [0.2, 0.25) is 0 Å². The molecule has 0 saturated heterocycles. The van der Waals surface area contributed by atoms with Crippen molar-refractivity contribution in [2.75, 3.05) is 5.75 Å². The van der Waals surface area contributed by atoms with Gasteiger partial charge in [-0.25, -0.2) is 4.39 Å². The van der Waals surface area contributed by atoms with Crippen LogP contribution in [0.4, 0.5) is 4.39 Å². The molecule has 1 aliphatic carbocycles. The maximum Gasteiger partial charge on any atom is 0.124 e. The first-order valence-electron chi connectivity index (χ1n) is 6.92. The van der Waals surface area contributed by atoms with Crippen LogP contribution in [0, 0.1) is 5.82 Å². The molecule has 0 bridgehead atoms. The summed E-state index contributed by atoms with van der Waals surface area (Å²) in [5.41, 5.74) is 1.13. The zero-order chi connectivity index (χ0) is 13.8. The summed E-state index contributed by atoms with van der Waals surface area (Å²) in [6.07, 6.45) is 3.82. The summed E-state index contributed by atoms with van der Waals surface area (Å²) in [6, 6.07) is 5.78. The molecule has 19 heavy (non-hydrogen) atoms. The number of benzene rings is 1. The van der Waals surface area contributed by atoms with Gasteiger partial charge < -0.3 is 5.32 Å². The lowest BCUT2D eigenvalue weighted by Crippen LogP contribution is -2.29.